The molecule has 0 spiro atoms. The number of piperidine rings is 1. The molecule has 8 heteroatoms. The van der Waals surface area contributed by atoms with E-state index in [4.69, 9.17) is 5.73 Å². The highest BCUT2D eigenvalue weighted by atomic mass is 16.3. The number of hydrogen-bond acceptors (Lipinski definition) is 6. The van der Waals surface area contributed by atoms with Gasteiger partial charge in [0.05, 0.1) is 24.4 Å². The Hall–Kier alpha value is -1.51. The van der Waals surface area contributed by atoms with E-state index in [0.29, 0.717) is 18.7 Å². The number of nitrogens with zero attached hydrogens (tertiary/aromatic N) is 3. The van der Waals surface area contributed by atoms with Crippen LogP contribution in [0.25, 0.3) is 0 Å². The molecule has 1 amide bonds. The zero-order chi connectivity index (χ0) is 15.5. The van der Waals surface area contributed by atoms with E-state index in [9.17, 15) is 9.90 Å². The lowest BCUT2D eigenvalue weighted by molar-refractivity contribution is 0.0751. The van der Waals surface area contributed by atoms with Crippen LogP contribution in [0.5, 0.6) is 0 Å². The Labute approximate surface area is 129 Å². The van der Waals surface area contributed by atoms with Crippen LogP contribution < -0.4 is 16.4 Å². The molecule has 3 rings (SSSR count). The van der Waals surface area contributed by atoms with E-state index in [0.717, 1.165) is 32.2 Å². The molecule has 0 radical (unpaired) electrons. The van der Waals surface area contributed by atoms with Crippen LogP contribution in [0.15, 0.2) is 6.20 Å². The lowest BCUT2D eigenvalue weighted by Crippen LogP contribution is -2.53. The SMILES string of the molecule is NC1CCC(n2cc(C(=O)N[C@@H]3CNCC[C@H]3O)nn2)CC1. The first-order valence-corrected chi connectivity index (χ1v) is 8.00. The normalized spacial score (nSPS) is 32.6. The molecule has 0 unspecified atom stereocenters. The van der Waals surface area contributed by atoms with Crippen molar-refractivity contribution in [2.75, 3.05) is 13.1 Å². The summed E-state index contributed by atoms with van der Waals surface area (Å²) in [5.41, 5.74) is 6.21. The van der Waals surface area contributed by atoms with E-state index < -0.39 is 6.10 Å². The number of aromatic nitrogens is 3. The van der Waals surface area contributed by atoms with Crippen LogP contribution in [0.4, 0.5) is 0 Å². The van der Waals surface area contributed by atoms with Crippen LogP contribution in [0.1, 0.15) is 48.6 Å². The summed E-state index contributed by atoms with van der Waals surface area (Å²) in [7, 11) is 0. The predicted octanol–water partition coefficient (Wildman–Crippen LogP) is -0.827. The maximum absolute atomic E-state index is 12.2. The fourth-order valence-electron chi connectivity index (χ4n) is 3.16. The summed E-state index contributed by atoms with van der Waals surface area (Å²) in [5, 5.41) is 23.9. The van der Waals surface area contributed by atoms with Crippen LogP contribution in [-0.4, -0.2) is 57.3 Å². The topological polar surface area (TPSA) is 118 Å². The summed E-state index contributed by atoms with van der Waals surface area (Å²) in [4.78, 5) is 12.2. The number of carbonyl (C=O) groups is 1. The molecule has 5 N–H and O–H groups in total. The van der Waals surface area contributed by atoms with E-state index >= 15 is 0 Å². The van der Waals surface area contributed by atoms with Gasteiger partial charge >= 0.3 is 0 Å². The highest BCUT2D eigenvalue weighted by Gasteiger charge is 2.26. The Balaban J connectivity index is 1.59. The Morgan fingerprint density at radius 1 is 1.36 bits per heavy atom. The zero-order valence-electron chi connectivity index (χ0n) is 12.6. The molecule has 1 saturated carbocycles. The number of hydrogen-bond donors (Lipinski definition) is 4. The lowest BCUT2D eigenvalue weighted by atomic mass is 9.92. The molecule has 1 aromatic rings. The van der Waals surface area contributed by atoms with Gasteiger partial charge in [-0.3, -0.25) is 4.79 Å². The first-order valence-electron chi connectivity index (χ1n) is 8.00. The first kappa shape index (κ1) is 15.4. The fraction of sp³-hybridized carbons (Fsp3) is 0.786. The van der Waals surface area contributed by atoms with Crippen molar-refractivity contribution in [2.24, 2.45) is 5.73 Å². The number of amides is 1. The van der Waals surface area contributed by atoms with Gasteiger partial charge in [-0.2, -0.15) is 0 Å². The second-order valence-corrected chi connectivity index (χ2v) is 6.29. The lowest BCUT2D eigenvalue weighted by Gasteiger charge is -2.28. The van der Waals surface area contributed by atoms with Gasteiger partial charge in [-0.15, -0.1) is 5.10 Å². The Kier molecular flexibility index (Phi) is 4.70. The molecule has 1 aromatic heterocycles. The van der Waals surface area contributed by atoms with Crippen molar-refractivity contribution in [3.05, 3.63) is 11.9 Å². The maximum atomic E-state index is 12.2. The summed E-state index contributed by atoms with van der Waals surface area (Å²) >= 11 is 0. The van der Waals surface area contributed by atoms with Crippen molar-refractivity contribution in [3.8, 4) is 0 Å². The third kappa shape index (κ3) is 3.45. The van der Waals surface area contributed by atoms with Crippen LogP contribution in [0, 0.1) is 0 Å². The molecule has 2 atom stereocenters. The monoisotopic (exact) mass is 308 g/mol. The second kappa shape index (κ2) is 6.72. The quantitative estimate of drug-likeness (QED) is 0.579. The van der Waals surface area contributed by atoms with Gasteiger partial charge in [0.25, 0.3) is 5.91 Å². The summed E-state index contributed by atoms with van der Waals surface area (Å²) in [5.74, 6) is -0.286. The van der Waals surface area contributed by atoms with Crippen molar-refractivity contribution < 1.29 is 9.90 Å². The van der Waals surface area contributed by atoms with E-state index in [1.54, 1.807) is 10.9 Å². The van der Waals surface area contributed by atoms with Gasteiger partial charge in [-0.1, -0.05) is 5.21 Å². The Bertz CT molecular complexity index is 511. The molecular formula is C14H24N6O2. The number of aliphatic hydroxyl groups excluding tert-OH is 1. The van der Waals surface area contributed by atoms with Gasteiger partial charge in [0.1, 0.15) is 0 Å². The van der Waals surface area contributed by atoms with Crippen molar-refractivity contribution in [3.63, 3.8) is 0 Å². The molecule has 22 heavy (non-hydrogen) atoms. The number of rotatable bonds is 3. The Morgan fingerprint density at radius 2 is 2.14 bits per heavy atom. The zero-order valence-corrected chi connectivity index (χ0v) is 12.6. The first-order chi connectivity index (χ1) is 10.6. The largest absolute Gasteiger partial charge is 0.391 e. The van der Waals surface area contributed by atoms with E-state index in [1.165, 1.54) is 0 Å². The van der Waals surface area contributed by atoms with Gasteiger partial charge in [-0.25, -0.2) is 4.68 Å². The molecule has 0 aromatic carbocycles. The van der Waals surface area contributed by atoms with E-state index in [-0.39, 0.29) is 24.0 Å². The number of nitrogens with one attached hydrogen (secondary N) is 2. The van der Waals surface area contributed by atoms with Gasteiger partial charge in [0.2, 0.25) is 0 Å². The average Bonchev–Trinajstić information content (AvgIpc) is 3.00. The van der Waals surface area contributed by atoms with Crippen molar-refractivity contribution >= 4 is 5.91 Å². The van der Waals surface area contributed by atoms with Gasteiger partial charge in [-0.05, 0) is 38.6 Å². The highest BCUT2D eigenvalue weighted by molar-refractivity contribution is 5.92. The second-order valence-electron chi connectivity index (χ2n) is 6.29. The molecule has 8 nitrogen and oxygen atoms in total. The van der Waals surface area contributed by atoms with Crippen molar-refractivity contribution in [2.45, 2.75) is 56.3 Å². The van der Waals surface area contributed by atoms with Crippen molar-refractivity contribution in [1.29, 1.82) is 0 Å². The molecule has 2 aliphatic rings. The molecule has 2 heterocycles. The average molecular weight is 308 g/mol. The minimum atomic E-state index is -0.514. The van der Waals surface area contributed by atoms with Gasteiger partial charge in [0, 0.05) is 12.6 Å². The minimum Gasteiger partial charge on any atom is -0.391 e. The number of carbonyl (C=O) groups excluding carboxylic acids is 1. The van der Waals surface area contributed by atoms with E-state index in [1.807, 2.05) is 0 Å². The van der Waals surface area contributed by atoms with Gasteiger partial charge < -0.3 is 21.5 Å². The molecule has 122 valence electrons. The minimum absolute atomic E-state index is 0.274. The summed E-state index contributed by atoms with van der Waals surface area (Å²) < 4.78 is 1.77. The summed E-state index contributed by atoms with van der Waals surface area (Å²) in [6.07, 6.45) is 5.71. The smallest absolute Gasteiger partial charge is 0.273 e. The summed E-state index contributed by atoms with van der Waals surface area (Å²) in [6.45, 7) is 1.34. The third-order valence-corrected chi connectivity index (χ3v) is 4.62. The van der Waals surface area contributed by atoms with Crippen LogP contribution in [0.3, 0.4) is 0 Å². The van der Waals surface area contributed by atoms with Gasteiger partial charge in [0.15, 0.2) is 5.69 Å². The predicted molar refractivity (Wildman–Crippen MR) is 80.3 cm³/mol. The molecule has 1 aliphatic heterocycles. The summed E-state index contributed by atoms with van der Waals surface area (Å²) in [6, 6.07) is 0.276. The molecular weight excluding hydrogens is 284 g/mol. The Morgan fingerprint density at radius 3 is 2.86 bits per heavy atom. The molecule has 1 aliphatic carbocycles. The van der Waals surface area contributed by atoms with E-state index in [2.05, 4.69) is 20.9 Å². The molecule has 1 saturated heterocycles. The molecule has 2 fully saturated rings. The number of aliphatic hydroxyl groups is 1. The maximum Gasteiger partial charge on any atom is 0.273 e. The standard InChI is InChI=1S/C14H24N6O2/c15-9-1-3-10(4-2-9)20-8-12(18-19-20)14(22)17-11-7-16-6-5-13(11)21/h8-11,13,16,21H,1-7,15H2,(H,17,22)/t9?,10?,11-,13-/m1/s1. The number of nitrogens with two attached hydrogens (primary N) is 1. The highest BCUT2D eigenvalue weighted by Crippen LogP contribution is 2.26. The molecule has 0 bridgehead atoms. The van der Waals surface area contributed by atoms with Crippen LogP contribution in [-0.2, 0) is 0 Å². The van der Waals surface area contributed by atoms with Crippen LogP contribution >= 0.6 is 0 Å². The van der Waals surface area contributed by atoms with Crippen LogP contribution in [0.2, 0.25) is 0 Å². The van der Waals surface area contributed by atoms with Crippen molar-refractivity contribution in [1.82, 2.24) is 25.6 Å². The third-order valence-electron chi connectivity index (χ3n) is 4.62. The fourth-order valence-corrected chi connectivity index (χ4v) is 3.16.